The van der Waals surface area contributed by atoms with E-state index >= 15 is 0 Å². The van der Waals surface area contributed by atoms with Crippen LogP contribution in [0.4, 0.5) is 0 Å². The summed E-state index contributed by atoms with van der Waals surface area (Å²) in [6.45, 7) is 4.58. The van der Waals surface area contributed by atoms with E-state index in [1.807, 2.05) is 48.5 Å². The van der Waals surface area contributed by atoms with Crippen molar-refractivity contribution in [3.8, 4) is 5.75 Å². The molecule has 6 heteroatoms. The Bertz CT molecular complexity index is 734. The number of rotatable bonds is 7. The zero-order valence-corrected chi connectivity index (χ0v) is 14.6. The van der Waals surface area contributed by atoms with Gasteiger partial charge in [0.2, 0.25) is 0 Å². The van der Waals surface area contributed by atoms with E-state index in [1.165, 1.54) is 0 Å². The number of hydrogen-bond acceptors (Lipinski definition) is 3. The predicted octanol–water partition coefficient (Wildman–Crippen LogP) is 3.90. The Labute approximate surface area is 152 Å². The Morgan fingerprint density at radius 3 is 2.75 bits per heavy atom. The number of thiocarbonyl (C=S) groups is 1. The Hall–Kier alpha value is -2.37. The summed E-state index contributed by atoms with van der Waals surface area (Å²) < 4.78 is 5.86. The van der Waals surface area contributed by atoms with Crippen LogP contribution in [0.2, 0.25) is 5.02 Å². The van der Waals surface area contributed by atoms with Crippen molar-refractivity contribution < 1.29 is 4.74 Å². The van der Waals surface area contributed by atoms with Crippen molar-refractivity contribution in [3.63, 3.8) is 0 Å². The van der Waals surface area contributed by atoms with Gasteiger partial charge in [-0.05, 0) is 30.4 Å². The minimum Gasteiger partial charge on any atom is -0.488 e. The number of hydrazone groups is 1. The molecule has 0 aromatic heterocycles. The third-order valence-corrected chi connectivity index (χ3v) is 3.64. The maximum Gasteiger partial charge on any atom is 0.187 e. The minimum atomic E-state index is 0.386. The van der Waals surface area contributed by atoms with Crippen molar-refractivity contribution in [1.29, 1.82) is 0 Å². The molecule has 0 aliphatic rings. The van der Waals surface area contributed by atoms with Crippen LogP contribution in [0.25, 0.3) is 0 Å². The molecule has 0 radical (unpaired) electrons. The summed E-state index contributed by atoms with van der Waals surface area (Å²) in [5.41, 5.74) is 4.51. The second kappa shape index (κ2) is 9.70. The fourth-order valence-electron chi connectivity index (χ4n) is 1.85. The molecule has 0 spiro atoms. The van der Waals surface area contributed by atoms with Gasteiger partial charge in [0.05, 0.1) is 6.21 Å². The number of hydrogen-bond donors (Lipinski definition) is 2. The van der Waals surface area contributed by atoms with E-state index in [2.05, 4.69) is 22.4 Å². The van der Waals surface area contributed by atoms with Gasteiger partial charge in [0, 0.05) is 22.7 Å². The van der Waals surface area contributed by atoms with Gasteiger partial charge in [-0.1, -0.05) is 48.0 Å². The second-order valence-electron chi connectivity index (χ2n) is 4.79. The smallest absolute Gasteiger partial charge is 0.187 e. The fourth-order valence-corrected chi connectivity index (χ4v) is 2.18. The van der Waals surface area contributed by atoms with Gasteiger partial charge in [-0.25, -0.2) is 0 Å². The van der Waals surface area contributed by atoms with Crippen LogP contribution >= 0.6 is 23.8 Å². The van der Waals surface area contributed by atoms with Crippen LogP contribution in [-0.2, 0) is 6.61 Å². The molecule has 0 heterocycles. The molecule has 24 heavy (non-hydrogen) atoms. The quantitative estimate of drug-likeness (QED) is 0.340. The number of ether oxygens (including phenoxy) is 1. The van der Waals surface area contributed by atoms with E-state index in [0.717, 1.165) is 11.1 Å². The molecular formula is C18H18ClN3OS. The molecule has 0 unspecified atom stereocenters. The highest BCUT2D eigenvalue weighted by Gasteiger charge is 2.03. The van der Waals surface area contributed by atoms with Crippen molar-refractivity contribution in [1.82, 2.24) is 10.7 Å². The average molecular weight is 360 g/mol. The number of para-hydroxylation sites is 1. The molecule has 0 bridgehead atoms. The lowest BCUT2D eigenvalue weighted by Gasteiger charge is -2.10. The Kier molecular flexibility index (Phi) is 7.26. The average Bonchev–Trinajstić information content (AvgIpc) is 2.60. The van der Waals surface area contributed by atoms with Gasteiger partial charge in [-0.15, -0.1) is 6.58 Å². The number of nitrogens with one attached hydrogen (secondary N) is 2. The first-order chi connectivity index (χ1) is 11.7. The first-order valence-electron chi connectivity index (χ1n) is 7.33. The monoisotopic (exact) mass is 359 g/mol. The molecule has 0 atom stereocenters. The lowest BCUT2D eigenvalue weighted by Crippen LogP contribution is -2.31. The van der Waals surface area contributed by atoms with E-state index in [9.17, 15) is 0 Å². The number of benzene rings is 2. The highest BCUT2D eigenvalue weighted by atomic mass is 35.5. The Balaban J connectivity index is 1.98. The van der Waals surface area contributed by atoms with E-state index in [-0.39, 0.29) is 0 Å². The molecule has 2 aromatic carbocycles. The van der Waals surface area contributed by atoms with E-state index in [4.69, 9.17) is 28.6 Å². The molecule has 0 saturated heterocycles. The third kappa shape index (κ3) is 5.68. The van der Waals surface area contributed by atoms with E-state index in [0.29, 0.717) is 29.0 Å². The summed E-state index contributed by atoms with van der Waals surface area (Å²) in [7, 11) is 0. The van der Waals surface area contributed by atoms with Crippen LogP contribution in [-0.4, -0.2) is 17.9 Å². The molecule has 4 nitrogen and oxygen atoms in total. The zero-order chi connectivity index (χ0) is 17.2. The SMILES string of the molecule is C=CCNC(=S)N/N=C/c1ccccc1OCc1ccccc1Cl. The Morgan fingerprint density at radius 2 is 1.96 bits per heavy atom. The molecule has 2 N–H and O–H groups in total. The van der Waals surface area contributed by atoms with Gasteiger partial charge in [0.15, 0.2) is 5.11 Å². The molecule has 0 aliphatic heterocycles. The first-order valence-corrected chi connectivity index (χ1v) is 8.12. The molecule has 0 aliphatic carbocycles. The molecule has 2 rings (SSSR count). The molecule has 0 amide bonds. The normalized spacial score (nSPS) is 10.4. The molecular weight excluding hydrogens is 342 g/mol. The third-order valence-electron chi connectivity index (χ3n) is 3.04. The fraction of sp³-hybridized carbons (Fsp3) is 0.111. The van der Waals surface area contributed by atoms with Gasteiger partial charge < -0.3 is 10.1 Å². The van der Waals surface area contributed by atoms with Crippen LogP contribution in [0, 0.1) is 0 Å². The van der Waals surface area contributed by atoms with Gasteiger partial charge in [0.1, 0.15) is 12.4 Å². The summed E-state index contributed by atoms with van der Waals surface area (Å²) in [5.74, 6) is 0.716. The maximum absolute atomic E-state index is 6.15. The number of halogens is 1. The molecule has 0 fully saturated rings. The van der Waals surface area contributed by atoms with Crippen molar-refractivity contribution in [2.24, 2.45) is 5.10 Å². The Morgan fingerprint density at radius 1 is 1.21 bits per heavy atom. The van der Waals surface area contributed by atoms with Gasteiger partial charge in [-0.3, -0.25) is 5.43 Å². The second-order valence-corrected chi connectivity index (χ2v) is 5.60. The summed E-state index contributed by atoms with van der Waals surface area (Å²) in [6.07, 6.45) is 3.37. The van der Waals surface area contributed by atoms with E-state index in [1.54, 1.807) is 12.3 Å². The number of nitrogens with zero attached hydrogens (tertiary/aromatic N) is 1. The van der Waals surface area contributed by atoms with Crippen LogP contribution in [0.3, 0.4) is 0 Å². The molecule has 2 aromatic rings. The van der Waals surface area contributed by atoms with Crippen LogP contribution < -0.4 is 15.5 Å². The lowest BCUT2D eigenvalue weighted by molar-refractivity contribution is 0.306. The van der Waals surface area contributed by atoms with Crippen molar-refractivity contribution in [2.75, 3.05) is 6.54 Å². The van der Waals surface area contributed by atoms with Gasteiger partial charge in [0.25, 0.3) is 0 Å². The van der Waals surface area contributed by atoms with Crippen molar-refractivity contribution in [3.05, 3.63) is 77.3 Å². The van der Waals surface area contributed by atoms with E-state index < -0.39 is 0 Å². The largest absolute Gasteiger partial charge is 0.488 e. The highest BCUT2D eigenvalue weighted by molar-refractivity contribution is 7.80. The molecule has 124 valence electrons. The zero-order valence-electron chi connectivity index (χ0n) is 13.0. The summed E-state index contributed by atoms with van der Waals surface area (Å²) in [4.78, 5) is 0. The van der Waals surface area contributed by atoms with Gasteiger partial charge in [-0.2, -0.15) is 5.10 Å². The van der Waals surface area contributed by atoms with Crippen molar-refractivity contribution in [2.45, 2.75) is 6.61 Å². The van der Waals surface area contributed by atoms with Crippen LogP contribution in [0.5, 0.6) is 5.75 Å². The summed E-state index contributed by atoms with van der Waals surface area (Å²) in [6, 6.07) is 15.2. The standard InChI is InChI=1S/C18H18ClN3OS/c1-2-11-20-18(24)22-21-12-14-7-4-6-10-17(14)23-13-15-8-3-5-9-16(15)19/h2-10,12H,1,11,13H2,(H2,20,22,24)/b21-12+. The molecule has 0 saturated carbocycles. The van der Waals surface area contributed by atoms with Crippen LogP contribution in [0.15, 0.2) is 66.3 Å². The first kappa shape index (κ1) is 18.0. The summed E-state index contributed by atoms with van der Waals surface area (Å²) >= 11 is 11.2. The topological polar surface area (TPSA) is 45.7 Å². The maximum atomic E-state index is 6.15. The predicted molar refractivity (Wildman–Crippen MR) is 104 cm³/mol. The van der Waals surface area contributed by atoms with Crippen molar-refractivity contribution >= 4 is 35.1 Å². The lowest BCUT2D eigenvalue weighted by atomic mass is 10.2. The highest BCUT2D eigenvalue weighted by Crippen LogP contribution is 2.20. The van der Waals surface area contributed by atoms with Crippen LogP contribution in [0.1, 0.15) is 11.1 Å². The summed E-state index contributed by atoms with van der Waals surface area (Å²) in [5, 5.41) is 8.15. The minimum absolute atomic E-state index is 0.386. The van der Waals surface area contributed by atoms with Gasteiger partial charge >= 0.3 is 0 Å².